The summed E-state index contributed by atoms with van der Waals surface area (Å²) in [5.41, 5.74) is -2.78. The number of fused-ring (bicyclic) bond motifs is 2. The monoisotopic (exact) mass is 1460 g/mol. The van der Waals surface area contributed by atoms with Crippen LogP contribution in [0.1, 0.15) is 0 Å². The van der Waals surface area contributed by atoms with E-state index in [1.807, 2.05) is 0 Å². The van der Waals surface area contributed by atoms with Crippen molar-refractivity contribution in [3.8, 4) is 23.1 Å². The molecule has 7 aromatic carbocycles. The van der Waals surface area contributed by atoms with Crippen molar-refractivity contribution in [1.29, 1.82) is 0 Å². The number of aromatic hydroxyl groups is 3. The van der Waals surface area contributed by atoms with E-state index in [-0.39, 0.29) is 248 Å². The van der Waals surface area contributed by atoms with Gasteiger partial charge in [0.15, 0.2) is 5.75 Å². The van der Waals surface area contributed by atoms with E-state index in [4.69, 9.17) is 17.3 Å². The van der Waals surface area contributed by atoms with Crippen molar-refractivity contribution < 1.29 is 335 Å². The third-order valence-corrected chi connectivity index (χ3v) is 16.4. The first-order chi connectivity index (χ1) is 38.4. The van der Waals surface area contributed by atoms with Crippen LogP contribution in [0, 0.1) is 22.4 Å². The number of rotatable bonds is 16. The maximum atomic E-state index is 12.9. The molecule has 35 nitrogen and oxygen atoms in total. The Kier molecular flexibility index (Phi) is 34.3. The Hall–Kier alpha value is -0.980. The van der Waals surface area contributed by atoms with Crippen molar-refractivity contribution in [3.63, 3.8) is 0 Å². The van der Waals surface area contributed by atoms with Gasteiger partial charge >= 0.3 is 236 Å². The standard InChI is InChI=1S/C41H25ClN12O23S6.8Na/c42-24-11-17(12-32(81(69,70)71)36(24)51-50-29-16-44-53(41(29)57)18-1-4-20(5-2-18)78(60,61)62)45-52-37-33(82(72,73)74)14-23-21(38(37)55)6-10-27(40(23)83(75,76)77)48-49-28-15-30(79(63,64)65)22-7-9-26(39(56)34(22)35(28)43)47-46-25-8-3-19(54(58)59)13-31(25)80(66,67)68;;;;;;;;/h1-8,10-15,55-57H,43H2,(H,60,61,62)(H,63,64,65)(H,66,67,68)(H,69,70,71)(H,72,73,74)(H,75,76,77);;;;;;;;/q-2;8*+1/p-6. The molecule has 0 saturated carbocycles. The third kappa shape index (κ3) is 20.6. The smallest absolute Gasteiger partial charge is 0.745 e. The van der Waals surface area contributed by atoms with Gasteiger partial charge < -0.3 is 48.4 Å². The van der Waals surface area contributed by atoms with Crippen molar-refractivity contribution >= 4 is 151 Å². The Bertz CT molecular complexity index is 5050. The zero-order valence-electron chi connectivity index (χ0n) is 47.4. The van der Waals surface area contributed by atoms with Crippen molar-refractivity contribution in [2.75, 3.05) is 5.73 Å². The van der Waals surface area contributed by atoms with E-state index in [1.165, 1.54) is 0 Å². The molecule has 1 heterocycles. The van der Waals surface area contributed by atoms with E-state index < -0.39 is 196 Å². The molecule has 0 saturated heterocycles. The largest absolute Gasteiger partial charge is 1.00 e. The number of non-ortho nitro benzene ring substituents is 1. The number of azo groups is 4. The molecule has 0 fully saturated rings. The van der Waals surface area contributed by atoms with Crippen LogP contribution in [0.2, 0.25) is 5.02 Å². The van der Waals surface area contributed by atoms with Crippen LogP contribution in [-0.4, -0.2) is 108 Å². The summed E-state index contributed by atoms with van der Waals surface area (Å²) in [5, 5.41) is 72.4. The summed E-state index contributed by atoms with van der Waals surface area (Å²) in [5.74, 6) is -3.46. The van der Waals surface area contributed by atoms with E-state index in [0.717, 1.165) is 47.1 Å². The molecular weight excluding hydrogens is 1440 g/mol. The molecule has 432 valence electrons. The second-order valence-corrected chi connectivity index (χ2v) is 24.6. The molecule has 91 heavy (non-hydrogen) atoms. The fraction of sp³-hybridized carbons (Fsp3) is 0. The first-order valence-corrected chi connectivity index (χ1v) is 29.9. The molecule has 0 aliphatic rings. The average Bonchev–Trinajstić information content (AvgIpc) is 1.21. The van der Waals surface area contributed by atoms with E-state index in [1.54, 1.807) is 0 Å². The Balaban J connectivity index is 0.0000101. The second-order valence-electron chi connectivity index (χ2n) is 16.1. The van der Waals surface area contributed by atoms with Gasteiger partial charge in [-0.3, -0.25) is 19.9 Å². The quantitative estimate of drug-likeness (QED) is 0.0133. The number of anilines is 1. The number of hydrogen-bond donors (Lipinski definition) is 4. The first kappa shape index (κ1) is 90.0. The number of phenolic OH excluding ortho intramolecular Hbond substituents is 2. The van der Waals surface area contributed by atoms with Gasteiger partial charge in [0.1, 0.15) is 89.1 Å². The molecule has 0 bridgehead atoms. The minimum atomic E-state index is -5.99. The molecule has 0 radical (unpaired) electrons. The van der Waals surface area contributed by atoms with Crippen LogP contribution in [0.15, 0.2) is 155 Å². The van der Waals surface area contributed by atoms with E-state index in [9.17, 15) is 103 Å². The van der Waals surface area contributed by atoms with Gasteiger partial charge in [-0.25, -0.2) is 50.5 Å². The molecule has 1 aromatic heterocycles. The van der Waals surface area contributed by atoms with E-state index in [2.05, 4.69) is 58.3 Å². The second kappa shape index (κ2) is 34.7. The zero-order valence-corrected chi connectivity index (χ0v) is 69.1. The summed E-state index contributed by atoms with van der Waals surface area (Å²) in [7, 11) is -33.6. The fourth-order valence-corrected chi connectivity index (χ4v) is 11.5. The maximum absolute atomic E-state index is 12.9. The van der Waals surface area contributed by atoms with Crippen LogP contribution in [0.3, 0.4) is 0 Å². The summed E-state index contributed by atoms with van der Waals surface area (Å²) >= 11 is 6.24. The van der Waals surface area contributed by atoms with Gasteiger partial charge in [-0.1, -0.05) is 23.2 Å². The number of phenols is 2. The number of hydrogen-bond acceptors (Lipinski definition) is 33. The molecule has 0 atom stereocenters. The zero-order chi connectivity index (χ0) is 61.3. The molecule has 50 heteroatoms. The molecule has 8 rings (SSSR count). The van der Waals surface area contributed by atoms with E-state index >= 15 is 0 Å². The van der Waals surface area contributed by atoms with Gasteiger partial charge in [0, 0.05) is 50.6 Å². The minimum Gasteiger partial charge on any atom is -0.745 e. The molecule has 0 amide bonds. The van der Waals surface area contributed by atoms with Gasteiger partial charge in [-0.05, 0) is 72.4 Å². The fourth-order valence-electron chi connectivity index (χ4n) is 7.30. The van der Waals surface area contributed by atoms with E-state index in [0.29, 0.717) is 36.4 Å². The van der Waals surface area contributed by atoms with Gasteiger partial charge in [0.05, 0.1) is 46.0 Å². The number of nitro benzene ring substituents is 1. The van der Waals surface area contributed by atoms with Crippen molar-refractivity contribution in [1.82, 2.24) is 9.78 Å². The summed E-state index contributed by atoms with van der Waals surface area (Å²) in [6.45, 7) is 0. The summed E-state index contributed by atoms with van der Waals surface area (Å²) in [6.07, 6.45) is 2.19. The molecule has 0 aliphatic heterocycles. The predicted octanol–water partition coefficient (Wildman–Crippen LogP) is -17.8. The SMILES string of the molecule is Nc1c(N=Nc2ccc3c(O)c(N=Nc4cc(Cl)c(N=Nc5[c-]nn(-c6ccc(S(=O)(=O)[O-])cc6)c5O)c(S(=O)(=O)[O-])c4)c(S(=O)(=O)[O-])cc3c2S(=O)(=O)[O-])cc(S(=O)(=O)[O-])c2c[c-]c(N=Nc3ccc([N+](=O)[O-])cc3S(=O)(=O)[O-])c(O)c12.[Na+].[Na+].[Na+].[Na+].[Na+].[Na+].[Na+].[Na+]. The minimum absolute atomic E-state index is 0. The van der Waals surface area contributed by atoms with Crippen LogP contribution in [0.5, 0.6) is 17.4 Å². The Morgan fingerprint density at radius 2 is 1.02 bits per heavy atom. The summed E-state index contributed by atoms with van der Waals surface area (Å²) in [6, 6.07) is 11.8. The maximum Gasteiger partial charge on any atom is 1.00 e. The first-order valence-electron chi connectivity index (χ1n) is 21.0. The summed E-state index contributed by atoms with van der Waals surface area (Å²) in [4.78, 5) is 2.53. The molecular formula is C41H19ClN12Na8O23S6. The molecule has 5 N–H and O–H groups in total. The summed E-state index contributed by atoms with van der Waals surface area (Å²) < 4.78 is 222. The van der Waals surface area contributed by atoms with Crippen LogP contribution < -0.4 is 242 Å². The van der Waals surface area contributed by atoms with Crippen LogP contribution in [0.4, 0.5) is 56.9 Å². The molecule has 0 aliphatic carbocycles. The number of halogens is 1. The van der Waals surface area contributed by atoms with Gasteiger partial charge in [-0.2, -0.15) is 37.7 Å². The van der Waals surface area contributed by atoms with Crippen molar-refractivity contribution in [3.05, 3.63) is 112 Å². The Morgan fingerprint density at radius 1 is 0.505 bits per heavy atom. The molecule has 8 aromatic rings. The predicted molar refractivity (Wildman–Crippen MR) is 268 cm³/mol. The van der Waals surface area contributed by atoms with Crippen LogP contribution in [0.25, 0.3) is 27.2 Å². The van der Waals surface area contributed by atoms with Gasteiger partial charge in [0.2, 0.25) is 0 Å². The van der Waals surface area contributed by atoms with Crippen LogP contribution in [-0.2, 0) is 60.7 Å². The van der Waals surface area contributed by atoms with Crippen LogP contribution >= 0.6 is 11.6 Å². The topological polar surface area (TPSA) is 590 Å². The number of benzene rings is 7. The van der Waals surface area contributed by atoms with Gasteiger partial charge in [-0.15, -0.1) is 20.7 Å². The van der Waals surface area contributed by atoms with Crippen molar-refractivity contribution in [2.24, 2.45) is 40.9 Å². The molecule has 0 unspecified atom stereocenters. The Labute approximate surface area is 694 Å². The number of nitrogen functional groups attached to an aromatic ring is 1. The normalized spacial score (nSPS) is 12.0. The number of aromatic nitrogens is 2. The number of nitrogens with zero attached hydrogens (tertiary/aromatic N) is 11. The average molecular weight is 1460 g/mol. The van der Waals surface area contributed by atoms with Crippen molar-refractivity contribution in [2.45, 2.75) is 29.4 Å². The third-order valence-electron chi connectivity index (χ3n) is 10.9. The number of nitro groups is 1. The van der Waals surface area contributed by atoms with Gasteiger partial charge in [0.25, 0.3) is 5.69 Å². The Morgan fingerprint density at radius 3 is 1.56 bits per heavy atom. The number of nitrogens with two attached hydrogens (primary N) is 1. The molecule has 0 spiro atoms.